The predicted octanol–water partition coefficient (Wildman–Crippen LogP) is 16.8. The van der Waals surface area contributed by atoms with Gasteiger partial charge in [-0.1, -0.05) is 247 Å². The van der Waals surface area contributed by atoms with Gasteiger partial charge >= 0.3 is 0 Å². The number of rotatable bonds is 46. The van der Waals surface area contributed by atoms with Crippen molar-refractivity contribution in [1.82, 2.24) is 5.32 Å². The number of hydrogen-bond acceptors (Lipinski definition) is 3. The molecule has 0 aromatic carbocycles. The molecule has 0 aliphatic carbocycles. The van der Waals surface area contributed by atoms with Crippen LogP contribution in [-0.4, -0.2) is 34.9 Å². The Hall–Kier alpha value is -2.43. The third-order valence-electron chi connectivity index (χ3n) is 11.4. The van der Waals surface area contributed by atoms with E-state index in [1.165, 1.54) is 148 Å². The van der Waals surface area contributed by atoms with Crippen LogP contribution in [0.25, 0.3) is 0 Å². The molecule has 3 N–H and O–H groups in total. The number of aliphatic hydroxyl groups excluding tert-OH is 2. The first-order chi connectivity index (χ1) is 29.7. The zero-order chi connectivity index (χ0) is 43.5. The molecule has 0 aliphatic rings. The minimum Gasteiger partial charge on any atom is -0.394 e. The lowest BCUT2D eigenvalue weighted by Gasteiger charge is -2.19. The van der Waals surface area contributed by atoms with Crippen LogP contribution in [0.4, 0.5) is 0 Å². The zero-order valence-electron chi connectivity index (χ0n) is 39.7. The Balaban J connectivity index is 3.61. The molecule has 0 saturated carbocycles. The van der Waals surface area contributed by atoms with E-state index in [0.29, 0.717) is 6.42 Å². The Kier molecular flexibility index (Phi) is 48.9. The summed E-state index contributed by atoms with van der Waals surface area (Å²) in [6, 6.07) is -0.651. The Morgan fingerprint density at radius 3 is 1.17 bits per heavy atom. The molecular weight excluding hydrogens is 735 g/mol. The van der Waals surface area contributed by atoms with Crippen molar-refractivity contribution in [2.45, 2.75) is 257 Å². The Morgan fingerprint density at radius 1 is 0.417 bits per heavy atom. The molecule has 1 amide bonds. The summed E-state index contributed by atoms with van der Waals surface area (Å²) in [4.78, 5) is 12.4. The number of unbranched alkanes of at least 4 members (excludes halogenated alkanes) is 27. The maximum absolute atomic E-state index is 12.4. The van der Waals surface area contributed by atoms with Gasteiger partial charge in [-0.3, -0.25) is 4.79 Å². The highest BCUT2D eigenvalue weighted by Gasteiger charge is 2.17. The van der Waals surface area contributed by atoms with Crippen LogP contribution in [-0.2, 0) is 4.79 Å². The Morgan fingerprint density at radius 2 is 0.750 bits per heavy atom. The quantitative estimate of drug-likeness (QED) is 0.0423. The molecule has 0 fully saturated rings. The summed E-state index contributed by atoms with van der Waals surface area (Å²) in [7, 11) is 0. The zero-order valence-corrected chi connectivity index (χ0v) is 39.7. The van der Waals surface area contributed by atoms with Crippen molar-refractivity contribution >= 4 is 5.91 Å². The molecule has 0 saturated heterocycles. The highest BCUT2D eigenvalue weighted by atomic mass is 16.3. The van der Waals surface area contributed by atoms with Crippen LogP contribution in [0, 0.1) is 0 Å². The Bertz CT molecular complexity index is 1080. The molecule has 60 heavy (non-hydrogen) atoms. The number of nitrogens with one attached hydrogen (secondary N) is 1. The number of allylic oxidation sites excluding steroid dienone is 13. The van der Waals surface area contributed by atoms with E-state index in [0.717, 1.165) is 77.0 Å². The second kappa shape index (κ2) is 50.9. The summed E-state index contributed by atoms with van der Waals surface area (Å²) in [6.45, 7) is 4.19. The normalized spacial score (nSPS) is 13.6. The van der Waals surface area contributed by atoms with Gasteiger partial charge in [0, 0.05) is 6.42 Å². The Labute approximate surface area is 373 Å². The maximum atomic E-state index is 12.4. The fraction of sp³-hybridized carbons (Fsp3) is 0.732. The molecule has 4 nitrogen and oxygen atoms in total. The average molecular weight is 834 g/mol. The van der Waals surface area contributed by atoms with E-state index in [9.17, 15) is 15.0 Å². The molecule has 0 heterocycles. The molecule has 0 bridgehead atoms. The topological polar surface area (TPSA) is 69.6 Å². The van der Waals surface area contributed by atoms with Gasteiger partial charge in [0.2, 0.25) is 5.91 Å². The van der Waals surface area contributed by atoms with E-state index in [1.807, 2.05) is 6.08 Å². The van der Waals surface area contributed by atoms with Crippen molar-refractivity contribution in [2.75, 3.05) is 6.61 Å². The van der Waals surface area contributed by atoms with Gasteiger partial charge < -0.3 is 15.5 Å². The van der Waals surface area contributed by atoms with Crippen molar-refractivity contribution in [3.63, 3.8) is 0 Å². The van der Waals surface area contributed by atoms with Crippen molar-refractivity contribution in [3.05, 3.63) is 85.1 Å². The van der Waals surface area contributed by atoms with Crippen LogP contribution < -0.4 is 5.32 Å². The number of aliphatic hydroxyl groups is 2. The van der Waals surface area contributed by atoms with Crippen LogP contribution >= 0.6 is 0 Å². The van der Waals surface area contributed by atoms with Crippen molar-refractivity contribution < 1.29 is 15.0 Å². The van der Waals surface area contributed by atoms with Crippen LogP contribution in [0.3, 0.4) is 0 Å². The molecule has 0 spiro atoms. The fourth-order valence-electron chi connectivity index (χ4n) is 7.46. The monoisotopic (exact) mass is 834 g/mol. The van der Waals surface area contributed by atoms with E-state index < -0.39 is 12.1 Å². The third kappa shape index (κ3) is 46.6. The lowest BCUT2D eigenvalue weighted by atomic mass is 10.0. The number of carbonyl (C=O) groups is 1. The molecule has 0 radical (unpaired) electrons. The van der Waals surface area contributed by atoms with E-state index in [1.54, 1.807) is 6.08 Å². The van der Waals surface area contributed by atoms with Gasteiger partial charge in [0.1, 0.15) is 0 Å². The average Bonchev–Trinajstić information content (AvgIpc) is 3.25. The number of amides is 1. The van der Waals surface area contributed by atoms with Crippen LogP contribution in [0.2, 0.25) is 0 Å². The molecular formula is C56H99NO3. The molecule has 2 atom stereocenters. The summed E-state index contributed by atoms with van der Waals surface area (Å²) in [5.41, 5.74) is 0. The second-order valence-corrected chi connectivity index (χ2v) is 17.2. The lowest BCUT2D eigenvalue weighted by Crippen LogP contribution is -2.45. The van der Waals surface area contributed by atoms with Crippen LogP contribution in [0.5, 0.6) is 0 Å². The lowest BCUT2D eigenvalue weighted by molar-refractivity contribution is -0.123. The maximum Gasteiger partial charge on any atom is 0.220 e. The standard InChI is InChI=1S/C56H99NO3/c1-3-5-7-9-11-13-15-17-19-21-23-25-27-28-30-31-33-35-37-39-41-43-45-47-49-51-55(59)54(53-58)57-56(60)52-50-48-46-44-42-40-38-36-34-32-29-26-24-22-20-18-16-14-12-10-8-6-4-2/h6,8,12,14,18,20,24,26,32,34,41,43,49,51,54-55,58-59H,3-5,7,9-11,13,15-17,19,21-23,25,27-31,33,35-40,42,44-48,50,52-53H2,1-2H3,(H,57,60)/b8-6-,14-12-,20-18-,26-24-,34-32-,43-41+,51-49+. The molecule has 0 aromatic rings. The highest BCUT2D eigenvalue weighted by Crippen LogP contribution is 2.15. The van der Waals surface area contributed by atoms with Gasteiger partial charge in [0.25, 0.3) is 0 Å². The van der Waals surface area contributed by atoms with Crippen LogP contribution in [0.15, 0.2) is 85.1 Å². The third-order valence-corrected chi connectivity index (χ3v) is 11.4. The molecule has 2 unspecified atom stereocenters. The first-order valence-electron chi connectivity index (χ1n) is 25.8. The van der Waals surface area contributed by atoms with Crippen molar-refractivity contribution in [1.29, 1.82) is 0 Å². The number of carbonyl (C=O) groups excluding carboxylic acids is 1. The summed E-state index contributed by atoms with van der Waals surface area (Å²) in [5, 5.41) is 23.1. The van der Waals surface area contributed by atoms with Crippen molar-refractivity contribution in [3.8, 4) is 0 Å². The van der Waals surface area contributed by atoms with Gasteiger partial charge in [-0.25, -0.2) is 0 Å². The van der Waals surface area contributed by atoms with Gasteiger partial charge in [-0.15, -0.1) is 0 Å². The highest BCUT2D eigenvalue weighted by molar-refractivity contribution is 5.76. The number of hydrogen-bond donors (Lipinski definition) is 3. The van der Waals surface area contributed by atoms with Gasteiger partial charge in [-0.05, 0) is 77.0 Å². The smallest absolute Gasteiger partial charge is 0.220 e. The minimum absolute atomic E-state index is 0.0868. The minimum atomic E-state index is -0.873. The van der Waals surface area contributed by atoms with Gasteiger partial charge in [0.15, 0.2) is 0 Å². The predicted molar refractivity (Wildman–Crippen MR) is 267 cm³/mol. The largest absolute Gasteiger partial charge is 0.394 e. The van der Waals surface area contributed by atoms with E-state index in [4.69, 9.17) is 0 Å². The summed E-state index contributed by atoms with van der Waals surface area (Å²) in [6.07, 6.45) is 74.3. The molecule has 0 aromatic heterocycles. The fourth-order valence-corrected chi connectivity index (χ4v) is 7.46. The SMILES string of the molecule is CC/C=C\C/C=C\C/C=C\C/C=C\C/C=C\CCCCCCCCCC(=O)NC(CO)C(O)/C=C/CC/C=C/CCCCCCCCCCCCCCCCCCCCC. The second-order valence-electron chi connectivity index (χ2n) is 17.2. The summed E-state index contributed by atoms with van der Waals surface area (Å²) < 4.78 is 0. The van der Waals surface area contributed by atoms with E-state index >= 15 is 0 Å². The van der Waals surface area contributed by atoms with Crippen molar-refractivity contribution in [2.24, 2.45) is 0 Å². The first-order valence-corrected chi connectivity index (χ1v) is 25.8. The van der Waals surface area contributed by atoms with Crippen LogP contribution in [0.1, 0.15) is 245 Å². The van der Waals surface area contributed by atoms with Gasteiger partial charge in [0.05, 0.1) is 18.8 Å². The molecule has 0 aliphatic heterocycles. The molecule has 346 valence electrons. The van der Waals surface area contributed by atoms with E-state index in [2.05, 4.69) is 92.1 Å². The summed E-state index contributed by atoms with van der Waals surface area (Å²) >= 11 is 0. The first kappa shape index (κ1) is 57.6. The van der Waals surface area contributed by atoms with E-state index in [-0.39, 0.29) is 12.5 Å². The summed E-state index contributed by atoms with van der Waals surface area (Å²) in [5.74, 6) is -0.0868. The van der Waals surface area contributed by atoms with Gasteiger partial charge in [-0.2, -0.15) is 0 Å². The molecule has 0 rings (SSSR count). The molecule has 4 heteroatoms.